The van der Waals surface area contributed by atoms with E-state index in [1.54, 1.807) is 13.8 Å². The summed E-state index contributed by atoms with van der Waals surface area (Å²) in [4.78, 5) is 36.0. The average Bonchev–Trinajstić information content (AvgIpc) is 2.30. The van der Waals surface area contributed by atoms with E-state index in [2.05, 4.69) is 5.32 Å². The molecule has 0 radical (unpaired) electrons. The van der Waals surface area contributed by atoms with E-state index >= 15 is 0 Å². The number of amides is 2. The zero-order valence-corrected chi connectivity index (χ0v) is 11.4. The number of carbonyl (C=O) groups is 3. The molecule has 19 heavy (non-hydrogen) atoms. The van der Waals surface area contributed by atoms with Gasteiger partial charge < -0.3 is 20.1 Å². The number of nitrogens with zero attached hydrogens (tertiary/aromatic N) is 1. The summed E-state index contributed by atoms with van der Waals surface area (Å²) in [5.41, 5.74) is -0.640. The monoisotopic (exact) mass is 272 g/mol. The van der Waals surface area contributed by atoms with Crippen LogP contribution in [0.5, 0.6) is 0 Å². The second-order valence-corrected chi connectivity index (χ2v) is 5.13. The van der Waals surface area contributed by atoms with E-state index in [0.29, 0.717) is 13.1 Å². The topological polar surface area (TPSA) is 95.9 Å². The molecule has 1 saturated heterocycles. The lowest BCUT2D eigenvalue weighted by atomic mass is 10.0. The van der Waals surface area contributed by atoms with E-state index in [9.17, 15) is 14.4 Å². The van der Waals surface area contributed by atoms with Gasteiger partial charge >= 0.3 is 5.97 Å². The van der Waals surface area contributed by atoms with Crippen molar-refractivity contribution in [1.29, 1.82) is 0 Å². The zero-order chi connectivity index (χ0) is 14.6. The van der Waals surface area contributed by atoms with Crippen LogP contribution in [0.25, 0.3) is 0 Å². The molecule has 0 aromatic heterocycles. The molecule has 1 aliphatic rings. The number of hydrogen-bond donors (Lipinski definition) is 2. The second kappa shape index (κ2) is 6.01. The summed E-state index contributed by atoms with van der Waals surface area (Å²) in [6, 6.07) is -0.939. The smallest absolute Gasteiger partial charge is 0.305 e. The third-order valence-corrected chi connectivity index (χ3v) is 3.15. The van der Waals surface area contributed by atoms with Gasteiger partial charge in [0.05, 0.1) is 18.4 Å². The van der Waals surface area contributed by atoms with Gasteiger partial charge in [0.1, 0.15) is 6.04 Å². The summed E-state index contributed by atoms with van der Waals surface area (Å²) in [6.45, 7) is 4.19. The molecule has 0 aliphatic carbocycles. The first-order valence-electron chi connectivity index (χ1n) is 6.11. The largest absolute Gasteiger partial charge is 0.481 e. The van der Waals surface area contributed by atoms with Gasteiger partial charge in [0.25, 0.3) is 0 Å². The maximum atomic E-state index is 12.2. The molecule has 0 aromatic carbocycles. The SMILES string of the molecule is COC(C)(C)CC(=O)N1CCNC(=O)C1CC(=O)O. The molecule has 0 aromatic rings. The van der Waals surface area contributed by atoms with Crippen LogP contribution >= 0.6 is 0 Å². The molecule has 1 fully saturated rings. The Labute approximate surface area is 111 Å². The number of carboxylic acid groups (broad SMARTS) is 1. The maximum Gasteiger partial charge on any atom is 0.305 e. The first-order chi connectivity index (χ1) is 8.76. The van der Waals surface area contributed by atoms with Crippen LogP contribution in [0.2, 0.25) is 0 Å². The Bertz CT molecular complexity index is 380. The van der Waals surface area contributed by atoms with Gasteiger partial charge in [-0.2, -0.15) is 0 Å². The number of carboxylic acids is 1. The minimum atomic E-state index is -1.11. The van der Waals surface area contributed by atoms with Crippen molar-refractivity contribution in [3.05, 3.63) is 0 Å². The van der Waals surface area contributed by atoms with Crippen LogP contribution in [-0.4, -0.2) is 59.6 Å². The van der Waals surface area contributed by atoms with Gasteiger partial charge in [-0.15, -0.1) is 0 Å². The fourth-order valence-electron chi connectivity index (χ4n) is 1.92. The molecule has 1 aliphatic heterocycles. The highest BCUT2D eigenvalue weighted by molar-refractivity contribution is 5.91. The van der Waals surface area contributed by atoms with Crippen molar-refractivity contribution < 1.29 is 24.2 Å². The van der Waals surface area contributed by atoms with Crippen molar-refractivity contribution in [2.24, 2.45) is 0 Å². The fourth-order valence-corrected chi connectivity index (χ4v) is 1.92. The van der Waals surface area contributed by atoms with E-state index in [0.717, 1.165) is 0 Å². The Balaban J connectivity index is 2.79. The Morgan fingerprint density at radius 2 is 2.16 bits per heavy atom. The number of aliphatic carboxylic acids is 1. The summed E-state index contributed by atoms with van der Waals surface area (Å²) in [6.07, 6.45) is -0.280. The Kier molecular flexibility index (Phi) is 4.88. The van der Waals surface area contributed by atoms with Crippen LogP contribution in [0.4, 0.5) is 0 Å². The van der Waals surface area contributed by atoms with Crippen LogP contribution in [0.1, 0.15) is 26.7 Å². The first-order valence-corrected chi connectivity index (χ1v) is 6.11. The number of rotatable bonds is 5. The molecule has 1 rings (SSSR count). The van der Waals surface area contributed by atoms with Gasteiger partial charge in [0, 0.05) is 20.2 Å². The molecular weight excluding hydrogens is 252 g/mol. The average molecular weight is 272 g/mol. The molecule has 0 bridgehead atoms. The summed E-state index contributed by atoms with van der Waals surface area (Å²) in [7, 11) is 1.50. The van der Waals surface area contributed by atoms with Crippen LogP contribution in [-0.2, 0) is 19.1 Å². The summed E-state index contributed by atoms with van der Waals surface area (Å²) < 4.78 is 5.18. The predicted octanol–water partition coefficient (Wildman–Crippen LogP) is -0.397. The maximum absolute atomic E-state index is 12.2. The predicted molar refractivity (Wildman–Crippen MR) is 66.5 cm³/mol. The van der Waals surface area contributed by atoms with Crippen LogP contribution < -0.4 is 5.32 Å². The van der Waals surface area contributed by atoms with E-state index in [4.69, 9.17) is 9.84 Å². The van der Waals surface area contributed by atoms with E-state index in [-0.39, 0.29) is 18.7 Å². The van der Waals surface area contributed by atoms with Gasteiger partial charge in [-0.1, -0.05) is 0 Å². The van der Waals surface area contributed by atoms with Gasteiger partial charge in [0.15, 0.2) is 0 Å². The Morgan fingerprint density at radius 1 is 1.53 bits per heavy atom. The second-order valence-electron chi connectivity index (χ2n) is 5.13. The number of methoxy groups -OCH3 is 1. The molecule has 0 spiro atoms. The van der Waals surface area contributed by atoms with Crippen LogP contribution in [0, 0.1) is 0 Å². The van der Waals surface area contributed by atoms with Crippen molar-refractivity contribution in [3.8, 4) is 0 Å². The van der Waals surface area contributed by atoms with E-state index in [1.807, 2.05) is 0 Å². The first kappa shape index (κ1) is 15.4. The zero-order valence-electron chi connectivity index (χ0n) is 11.4. The Hall–Kier alpha value is -1.63. The molecule has 1 unspecified atom stereocenters. The lowest BCUT2D eigenvalue weighted by molar-refractivity contribution is -0.151. The number of hydrogen-bond acceptors (Lipinski definition) is 4. The molecule has 1 atom stereocenters. The van der Waals surface area contributed by atoms with Crippen molar-refractivity contribution in [2.75, 3.05) is 20.2 Å². The molecule has 2 N–H and O–H groups in total. The number of nitrogens with one attached hydrogen (secondary N) is 1. The van der Waals surface area contributed by atoms with Crippen molar-refractivity contribution in [1.82, 2.24) is 10.2 Å². The minimum absolute atomic E-state index is 0.104. The highest BCUT2D eigenvalue weighted by Gasteiger charge is 2.36. The molecule has 7 heteroatoms. The Morgan fingerprint density at radius 3 is 2.68 bits per heavy atom. The molecule has 2 amide bonds. The van der Waals surface area contributed by atoms with Crippen LogP contribution in [0.15, 0.2) is 0 Å². The van der Waals surface area contributed by atoms with Gasteiger partial charge in [-0.3, -0.25) is 14.4 Å². The summed E-state index contributed by atoms with van der Waals surface area (Å²) >= 11 is 0. The van der Waals surface area contributed by atoms with Crippen molar-refractivity contribution >= 4 is 17.8 Å². The van der Waals surface area contributed by atoms with Gasteiger partial charge in [-0.25, -0.2) is 0 Å². The number of carbonyl (C=O) groups excluding carboxylic acids is 2. The molecular formula is C12H20N2O5. The normalized spacial score (nSPS) is 20.1. The highest BCUT2D eigenvalue weighted by atomic mass is 16.5. The standard InChI is InChI=1S/C12H20N2O5/c1-12(2,19-3)7-9(15)14-5-4-13-11(18)8(14)6-10(16)17/h8H,4-7H2,1-3H3,(H,13,18)(H,16,17). The molecule has 108 valence electrons. The third-order valence-electron chi connectivity index (χ3n) is 3.15. The van der Waals surface area contributed by atoms with Crippen molar-refractivity contribution in [3.63, 3.8) is 0 Å². The lowest BCUT2D eigenvalue weighted by Crippen LogP contribution is -2.58. The molecule has 7 nitrogen and oxygen atoms in total. The molecule has 0 saturated carbocycles. The number of piperazine rings is 1. The quantitative estimate of drug-likeness (QED) is 0.710. The fraction of sp³-hybridized carbons (Fsp3) is 0.750. The van der Waals surface area contributed by atoms with Crippen LogP contribution in [0.3, 0.4) is 0 Å². The van der Waals surface area contributed by atoms with Gasteiger partial charge in [-0.05, 0) is 13.8 Å². The number of ether oxygens (including phenoxy) is 1. The third kappa shape index (κ3) is 4.20. The lowest BCUT2D eigenvalue weighted by Gasteiger charge is -2.36. The van der Waals surface area contributed by atoms with Crippen molar-refractivity contribution in [2.45, 2.75) is 38.3 Å². The summed E-state index contributed by atoms with van der Waals surface area (Å²) in [5, 5.41) is 11.4. The van der Waals surface area contributed by atoms with E-state index in [1.165, 1.54) is 12.0 Å². The minimum Gasteiger partial charge on any atom is -0.481 e. The summed E-state index contributed by atoms with van der Waals surface area (Å²) in [5.74, 6) is -1.80. The molecule has 1 heterocycles. The van der Waals surface area contributed by atoms with E-state index < -0.39 is 23.5 Å². The highest BCUT2D eigenvalue weighted by Crippen LogP contribution is 2.18. The van der Waals surface area contributed by atoms with Gasteiger partial charge in [0.2, 0.25) is 11.8 Å².